The van der Waals surface area contributed by atoms with Crippen molar-refractivity contribution in [1.29, 1.82) is 0 Å². The molecule has 26 heavy (non-hydrogen) atoms. The highest BCUT2D eigenvalue weighted by molar-refractivity contribution is 9.10. The van der Waals surface area contributed by atoms with E-state index in [0.29, 0.717) is 6.20 Å². The molecule has 0 fully saturated rings. The van der Waals surface area contributed by atoms with E-state index in [1.54, 1.807) is 0 Å². The topological polar surface area (TPSA) is 112 Å². The average Bonchev–Trinajstić information content (AvgIpc) is 2.39. The first-order valence-electron chi connectivity index (χ1n) is 7.38. The van der Waals surface area contributed by atoms with Crippen LogP contribution in [-0.4, -0.2) is 33.3 Å². The Bertz CT molecular complexity index is 714. The lowest BCUT2D eigenvalue weighted by Crippen LogP contribution is -2.44. The molecule has 1 aromatic rings. The standard InChI is InChI=1S/C15H19BrFN3O6/c1-14(2,3)25-12(21)19(13(22)26-15(4,5)6)10-8(20(23)24)7-18-11(16)9(10)17/h7H,1-6H3. The number of imide groups is 1. The van der Waals surface area contributed by atoms with Gasteiger partial charge < -0.3 is 9.47 Å². The second-order valence-corrected chi connectivity index (χ2v) is 7.90. The van der Waals surface area contributed by atoms with Gasteiger partial charge >= 0.3 is 17.9 Å². The van der Waals surface area contributed by atoms with E-state index in [1.165, 1.54) is 41.5 Å². The predicted molar refractivity (Wildman–Crippen MR) is 93.5 cm³/mol. The molecule has 0 atom stereocenters. The molecule has 0 spiro atoms. The zero-order chi connectivity index (χ0) is 20.4. The van der Waals surface area contributed by atoms with Crippen molar-refractivity contribution in [2.24, 2.45) is 0 Å². The Balaban J connectivity index is 3.61. The van der Waals surface area contributed by atoms with Gasteiger partial charge in [0, 0.05) is 0 Å². The zero-order valence-corrected chi connectivity index (χ0v) is 16.7. The Kier molecular flexibility index (Phi) is 6.29. The summed E-state index contributed by atoms with van der Waals surface area (Å²) in [7, 11) is 0. The van der Waals surface area contributed by atoms with Crippen LogP contribution in [-0.2, 0) is 9.47 Å². The maximum atomic E-state index is 14.6. The van der Waals surface area contributed by atoms with E-state index in [1.807, 2.05) is 0 Å². The minimum Gasteiger partial charge on any atom is -0.443 e. The van der Waals surface area contributed by atoms with Crippen LogP contribution in [0.1, 0.15) is 41.5 Å². The quantitative estimate of drug-likeness (QED) is 0.379. The molecule has 144 valence electrons. The first kappa shape index (κ1) is 21.7. The molecule has 9 nitrogen and oxygen atoms in total. The number of nitrogens with zero attached hydrogens (tertiary/aromatic N) is 3. The molecule has 0 saturated heterocycles. The summed E-state index contributed by atoms with van der Waals surface area (Å²) in [5, 5.41) is 11.3. The summed E-state index contributed by atoms with van der Waals surface area (Å²) in [4.78, 5) is 38.9. The largest absolute Gasteiger partial charge is 0.443 e. The number of hydrogen-bond acceptors (Lipinski definition) is 7. The highest BCUT2D eigenvalue weighted by Gasteiger charge is 2.39. The summed E-state index contributed by atoms with van der Waals surface area (Å²) in [5.74, 6) is -1.28. The minimum absolute atomic E-state index is 0.149. The number of halogens is 2. The normalized spacial score (nSPS) is 11.7. The lowest BCUT2D eigenvalue weighted by atomic mass is 10.2. The van der Waals surface area contributed by atoms with Crippen molar-refractivity contribution >= 4 is 39.5 Å². The first-order valence-corrected chi connectivity index (χ1v) is 8.18. The van der Waals surface area contributed by atoms with Crippen LogP contribution in [0.5, 0.6) is 0 Å². The summed E-state index contributed by atoms with van der Waals surface area (Å²) in [6, 6.07) is 0. The molecule has 0 saturated carbocycles. The number of ether oxygens (including phenoxy) is 2. The van der Waals surface area contributed by atoms with Gasteiger partial charge in [0.15, 0.2) is 11.5 Å². The third-order valence-electron chi connectivity index (χ3n) is 2.50. The summed E-state index contributed by atoms with van der Waals surface area (Å²) in [5.41, 5.74) is -3.93. The maximum absolute atomic E-state index is 14.6. The van der Waals surface area contributed by atoms with Crippen LogP contribution in [0.2, 0.25) is 0 Å². The average molecular weight is 436 g/mol. The van der Waals surface area contributed by atoms with Crippen molar-refractivity contribution in [1.82, 2.24) is 4.98 Å². The van der Waals surface area contributed by atoms with Crippen molar-refractivity contribution in [3.8, 4) is 0 Å². The number of aromatic nitrogens is 1. The van der Waals surface area contributed by atoms with E-state index >= 15 is 0 Å². The molecule has 0 radical (unpaired) electrons. The third kappa shape index (κ3) is 5.61. The first-order chi connectivity index (χ1) is 11.6. The molecule has 1 heterocycles. The van der Waals surface area contributed by atoms with Gasteiger partial charge in [-0.3, -0.25) is 10.1 Å². The van der Waals surface area contributed by atoms with Crippen LogP contribution in [0.25, 0.3) is 0 Å². The minimum atomic E-state index is -1.33. The number of hydrogen-bond donors (Lipinski definition) is 0. The van der Waals surface area contributed by atoms with E-state index in [9.17, 15) is 24.1 Å². The SMILES string of the molecule is CC(C)(C)OC(=O)N(C(=O)OC(C)(C)C)c1c([N+](=O)[O-])cnc(Br)c1F. The number of anilines is 1. The van der Waals surface area contributed by atoms with E-state index in [0.717, 1.165) is 0 Å². The van der Waals surface area contributed by atoms with Crippen molar-refractivity contribution in [2.45, 2.75) is 52.7 Å². The Labute approximate surface area is 157 Å². The Morgan fingerprint density at radius 3 is 1.92 bits per heavy atom. The highest BCUT2D eigenvalue weighted by atomic mass is 79.9. The van der Waals surface area contributed by atoms with Crippen LogP contribution in [0.15, 0.2) is 10.8 Å². The zero-order valence-electron chi connectivity index (χ0n) is 15.1. The molecule has 1 rings (SSSR count). The van der Waals surface area contributed by atoms with Crippen LogP contribution < -0.4 is 4.90 Å². The second kappa shape index (κ2) is 7.52. The van der Waals surface area contributed by atoms with Crippen molar-refractivity contribution in [2.75, 3.05) is 4.90 Å². The van der Waals surface area contributed by atoms with Crippen molar-refractivity contribution in [3.63, 3.8) is 0 Å². The van der Waals surface area contributed by atoms with Gasteiger partial charge in [0.05, 0.1) is 4.92 Å². The molecule has 0 N–H and O–H groups in total. The van der Waals surface area contributed by atoms with Gasteiger partial charge in [-0.05, 0) is 57.5 Å². The molecule has 1 aromatic heterocycles. The summed E-state index contributed by atoms with van der Waals surface area (Å²) < 4.78 is 24.3. The Morgan fingerprint density at radius 1 is 1.15 bits per heavy atom. The van der Waals surface area contributed by atoms with Gasteiger partial charge in [0.2, 0.25) is 0 Å². The fourth-order valence-corrected chi connectivity index (χ4v) is 1.95. The van der Waals surface area contributed by atoms with E-state index < -0.39 is 50.1 Å². The molecular formula is C15H19BrFN3O6. The van der Waals surface area contributed by atoms with Gasteiger partial charge in [-0.15, -0.1) is 0 Å². The summed E-state index contributed by atoms with van der Waals surface area (Å²) in [6.07, 6.45) is -1.94. The number of nitro groups is 1. The van der Waals surface area contributed by atoms with Crippen LogP contribution in [0.3, 0.4) is 0 Å². The molecule has 0 aromatic carbocycles. The van der Waals surface area contributed by atoms with E-state index in [2.05, 4.69) is 20.9 Å². The lowest BCUT2D eigenvalue weighted by Gasteiger charge is -2.28. The third-order valence-corrected chi connectivity index (χ3v) is 3.06. The summed E-state index contributed by atoms with van der Waals surface area (Å²) >= 11 is 2.78. The predicted octanol–water partition coefficient (Wildman–Crippen LogP) is 4.57. The van der Waals surface area contributed by atoms with Crippen LogP contribution >= 0.6 is 15.9 Å². The maximum Gasteiger partial charge on any atom is 0.424 e. The molecule has 0 aliphatic rings. The molecule has 0 unspecified atom stereocenters. The van der Waals surface area contributed by atoms with Crippen LogP contribution in [0, 0.1) is 15.9 Å². The molecular weight excluding hydrogens is 417 g/mol. The molecule has 2 amide bonds. The number of amides is 2. The number of carbonyl (C=O) groups is 2. The fraction of sp³-hybridized carbons (Fsp3) is 0.533. The van der Waals surface area contributed by atoms with Gasteiger partial charge in [-0.25, -0.2) is 19.0 Å². The fourth-order valence-electron chi connectivity index (χ4n) is 1.66. The van der Waals surface area contributed by atoms with Crippen LogP contribution in [0.4, 0.5) is 25.4 Å². The van der Waals surface area contributed by atoms with Gasteiger partial charge in [-0.1, -0.05) is 0 Å². The van der Waals surface area contributed by atoms with Gasteiger partial charge in [0.1, 0.15) is 22.0 Å². The van der Waals surface area contributed by atoms with Crippen molar-refractivity contribution < 1.29 is 28.4 Å². The second-order valence-electron chi connectivity index (χ2n) is 7.15. The molecule has 0 aliphatic heterocycles. The monoisotopic (exact) mass is 435 g/mol. The van der Waals surface area contributed by atoms with Gasteiger partial charge in [-0.2, -0.15) is 4.90 Å². The number of pyridine rings is 1. The molecule has 0 aliphatic carbocycles. The molecule has 11 heteroatoms. The smallest absolute Gasteiger partial charge is 0.424 e. The van der Waals surface area contributed by atoms with Crippen molar-refractivity contribution in [3.05, 3.63) is 26.7 Å². The van der Waals surface area contributed by atoms with E-state index in [-0.39, 0.29) is 4.90 Å². The van der Waals surface area contributed by atoms with Gasteiger partial charge in [0.25, 0.3) is 0 Å². The summed E-state index contributed by atoms with van der Waals surface area (Å²) in [6.45, 7) is 9.12. The highest BCUT2D eigenvalue weighted by Crippen LogP contribution is 2.35. The molecule has 0 bridgehead atoms. The number of carbonyl (C=O) groups excluding carboxylic acids is 2. The van der Waals surface area contributed by atoms with E-state index in [4.69, 9.17) is 9.47 Å². The number of rotatable bonds is 2. The Morgan fingerprint density at radius 2 is 1.58 bits per heavy atom. The lowest BCUT2D eigenvalue weighted by molar-refractivity contribution is -0.384. The Hall–Kier alpha value is -2.30.